The third kappa shape index (κ3) is 6.06. The van der Waals surface area contributed by atoms with E-state index in [1.807, 2.05) is 64.1 Å². The van der Waals surface area contributed by atoms with Gasteiger partial charge in [-0.2, -0.15) is 0 Å². The Balaban J connectivity index is 0.00000423. The molecule has 218 valence electrons. The van der Waals surface area contributed by atoms with Gasteiger partial charge in [0.25, 0.3) is 0 Å². The van der Waals surface area contributed by atoms with Crippen LogP contribution in [0, 0.1) is 13.8 Å². The predicted molar refractivity (Wildman–Crippen MR) is 173 cm³/mol. The SMILES string of the molecule is C=CC1=C(C)c2cc3[n-]c(cc4nc(cc5[n-]c(cc1n2)c(C)c5CCC(C)=O)C(CCC(C)=O)=C4C)c(C)c3C=C.[Fe+4]. The molecule has 0 radical (unpaired) electrons. The molecule has 0 aliphatic carbocycles. The molecule has 0 atom stereocenters. The van der Waals surface area contributed by atoms with Crippen molar-refractivity contribution in [3.63, 3.8) is 0 Å². The summed E-state index contributed by atoms with van der Waals surface area (Å²) in [5.41, 5.74) is 14.4. The van der Waals surface area contributed by atoms with Crippen molar-refractivity contribution in [1.29, 1.82) is 0 Å². The second-order valence-corrected chi connectivity index (χ2v) is 11.2. The summed E-state index contributed by atoms with van der Waals surface area (Å²) in [5.74, 6) is 0.260. The average Bonchev–Trinajstić information content (AvgIpc) is 3.59. The van der Waals surface area contributed by atoms with Crippen LogP contribution in [0.2, 0.25) is 0 Å². The van der Waals surface area contributed by atoms with Crippen LogP contribution in [0.15, 0.2) is 43.5 Å². The van der Waals surface area contributed by atoms with Gasteiger partial charge in [-0.3, -0.25) is 0 Å². The summed E-state index contributed by atoms with van der Waals surface area (Å²) in [5, 5.41) is 0. The van der Waals surface area contributed by atoms with Crippen molar-refractivity contribution < 1.29 is 26.7 Å². The van der Waals surface area contributed by atoms with Crippen LogP contribution < -0.4 is 9.97 Å². The number of aromatic nitrogens is 4. The topological polar surface area (TPSA) is 88.1 Å². The van der Waals surface area contributed by atoms with Gasteiger partial charge in [0, 0.05) is 18.4 Å². The van der Waals surface area contributed by atoms with Gasteiger partial charge >= 0.3 is 17.1 Å². The first kappa shape index (κ1) is 31.9. The number of hydrogen-bond acceptors (Lipinski definition) is 4. The minimum atomic E-state index is 0. The molecule has 0 saturated heterocycles. The molecule has 0 fully saturated rings. The van der Waals surface area contributed by atoms with Crippen molar-refractivity contribution in [2.75, 3.05) is 0 Å². The number of nitrogens with zero attached hydrogens (tertiary/aromatic N) is 4. The molecule has 3 aromatic heterocycles. The third-order valence-electron chi connectivity index (χ3n) is 8.34. The zero-order chi connectivity index (χ0) is 30.3. The van der Waals surface area contributed by atoms with Crippen LogP contribution in [0.25, 0.3) is 50.4 Å². The molecule has 8 bridgehead atoms. The molecule has 7 heteroatoms. The first-order valence-electron chi connectivity index (χ1n) is 14.3. The van der Waals surface area contributed by atoms with Gasteiger partial charge in [-0.1, -0.05) is 66.3 Å². The quantitative estimate of drug-likeness (QED) is 0.242. The van der Waals surface area contributed by atoms with Crippen molar-refractivity contribution in [2.45, 2.75) is 67.2 Å². The second-order valence-electron chi connectivity index (χ2n) is 11.2. The van der Waals surface area contributed by atoms with E-state index < -0.39 is 0 Å². The fourth-order valence-corrected chi connectivity index (χ4v) is 5.75. The number of ketones is 2. The van der Waals surface area contributed by atoms with Crippen molar-refractivity contribution in [2.24, 2.45) is 0 Å². The minimum Gasteiger partial charge on any atom is -0.657 e. The van der Waals surface area contributed by atoms with Gasteiger partial charge in [-0.25, -0.2) is 9.97 Å². The van der Waals surface area contributed by atoms with Crippen molar-refractivity contribution in [3.8, 4) is 0 Å². The van der Waals surface area contributed by atoms with Gasteiger partial charge < -0.3 is 19.6 Å². The molecule has 0 saturated carbocycles. The van der Waals surface area contributed by atoms with E-state index in [9.17, 15) is 9.59 Å². The van der Waals surface area contributed by atoms with E-state index in [1.54, 1.807) is 13.8 Å². The van der Waals surface area contributed by atoms with E-state index in [0.717, 1.165) is 89.4 Å². The smallest absolute Gasteiger partial charge is 0.657 e. The van der Waals surface area contributed by atoms with Gasteiger partial charge in [-0.05, 0) is 76.7 Å². The third-order valence-corrected chi connectivity index (χ3v) is 8.34. The van der Waals surface area contributed by atoms with Gasteiger partial charge in [0.15, 0.2) is 0 Å². The van der Waals surface area contributed by atoms with E-state index in [1.165, 1.54) is 0 Å². The average molecular weight is 613 g/mol. The van der Waals surface area contributed by atoms with Crippen LogP contribution >= 0.6 is 0 Å². The Kier molecular flexibility index (Phi) is 9.38. The molecule has 2 aliphatic rings. The number of Topliss-reactive ketones (excluding diaryl/α,β-unsaturated/α-hetero) is 2. The summed E-state index contributed by atoms with van der Waals surface area (Å²) < 4.78 is 0. The Labute approximate surface area is 263 Å². The number of fused-ring (bicyclic) bond motifs is 8. The molecular weight excluding hydrogens is 576 g/mol. The fraction of sp³-hybridized carbons (Fsp3) is 0.278. The van der Waals surface area contributed by atoms with Crippen LogP contribution in [0.3, 0.4) is 0 Å². The number of hydrogen-bond donors (Lipinski definition) is 0. The minimum absolute atomic E-state index is 0. The number of allylic oxidation sites excluding steroid dienone is 5. The number of carbonyl (C=O) groups is 2. The largest absolute Gasteiger partial charge is 4.00 e. The van der Waals surface area contributed by atoms with Gasteiger partial charge in [0.05, 0.1) is 22.8 Å². The molecule has 0 unspecified atom stereocenters. The second kappa shape index (κ2) is 12.7. The molecule has 0 spiro atoms. The molecule has 43 heavy (non-hydrogen) atoms. The monoisotopic (exact) mass is 612 g/mol. The van der Waals surface area contributed by atoms with Crippen LogP contribution in [-0.4, -0.2) is 21.5 Å². The summed E-state index contributed by atoms with van der Waals surface area (Å²) in [6.07, 6.45) is 5.69. The summed E-state index contributed by atoms with van der Waals surface area (Å²) in [6.45, 7) is 19.5. The Morgan fingerprint density at radius 3 is 1.88 bits per heavy atom. The van der Waals surface area contributed by atoms with Crippen molar-refractivity contribution in [1.82, 2.24) is 19.9 Å². The summed E-state index contributed by atoms with van der Waals surface area (Å²) in [4.78, 5) is 44.1. The fourth-order valence-electron chi connectivity index (χ4n) is 5.75. The maximum absolute atomic E-state index is 12.0. The van der Waals surface area contributed by atoms with E-state index in [-0.39, 0.29) is 28.6 Å². The normalized spacial score (nSPS) is 12.8. The Bertz CT molecular complexity index is 1920. The van der Waals surface area contributed by atoms with Gasteiger partial charge in [0.2, 0.25) is 0 Å². The molecule has 2 aliphatic heterocycles. The molecule has 5 rings (SSSR count). The number of carbonyl (C=O) groups excluding carboxylic acids is 2. The Hall–Kier alpha value is -4.06. The number of aryl methyl sites for hydroxylation is 3. The summed E-state index contributed by atoms with van der Waals surface area (Å²) in [6, 6.07) is 8.03. The molecule has 6 nitrogen and oxygen atoms in total. The van der Waals surface area contributed by atoms with Crippen LogP contribution in [0.5, 0.6) is 0 Å². The van der Waals surface area contributed by atoms with E-state index in [2.05, 4.69) is 13.2 Å². The maximum atomic E-state index is 12.0. The van der Waals surface area contributed by atoms with Gasteiger partial charge in [0.1, 0.15) is 11.6 Å². The Morgan fingerprint density at radius 2 is 1.23 bits per heavy atom. The summed E-state index contributed by atoms with van der Waals surface area (Å²) >= 11 is 0. The van der Waals surface area contributed by atoms with E-state index >= 15 is 0 Å². The molecule has 5 heterocycles. The first-order chi connectivity index (χ1) is 20.0. The van der Waals surface area contributed by atoms with E-state index in [4.69, 9.17) is 19.9 Å². The first-order valence-corrected chi connectivity index (χ1v) is 14.3. The van der Waals surface area contributed by atoms with Crippen LogP contribution in [-0.2, 0) is 33.1 Å². The van der Waals surface area contributed by atoms with Crippen molar-refractivity contribution >= 4 is 62.0 Å². The Morgan fingerprint density at radius 1 is 0.698 bits per heavy atom. The van der Waals surface area contributed by atoms with Crippen LogP contribution in [0.4, 0.5) is 0 Å². The van der Waals surface area contributed by atoms with Gasteiger partial charge in [-0.15, -0.1) is 22.1 Å². The molecular formula is C36H36FeN4O2+2. The predicted octanol–water partition coefficient (Wildman–Crippen LogP) is 7.77. The van der Waals surface area contributed by atoms with Crippen LogP contribution in [0.1, 0.15) is 92.0 Å². The maximum Gasteiger partial charge on any atom is 4.00 e. The molecule has 3 aromatic rings. The zero-order valence-corrected chi connectivity index (χ0v) is 26.8. The molecule has 0 amide bonds. The molecule has 0 aromatic carbocycles. The zero-order valence-electron chi connectivity index (χ0n) is 25.7. The number of rotatable bonds is 8. The summed E-state index contributed by atoms with van der Waals surface area (Å²) in [7, 11) is 0. The standard InChI is InChI=1S/C36H36N4O2.Fe/c1-9-25-21(5)29-15-30-23(7)27(13-11-19(3)41)35(39-30)18-36-28(14-12-20(4)42)24(8)32(40-36)17-34-26(10-2)22(6)31(38-34)16-33(25)37-29;/h9-10,15-18H,1-2,11-14H2,3-8H3;/q-2;+4. The van der Waals surface area contributed by atoms with Crippen molar-refractivity contribution in [3.05, 3.63) is 88.5 Å². The van der Waals surface area contributed by atoms with E-state index in [0.29, 0.717) is 25.7 Å². The molecule has 0 N–H and O–H groups in total.